The first-order valence-electron chi connectivity index (χ1n) is 12.5. The molecule has 0 unspecified atom stereocenters. The van der Waals surface area contributed by atoms with Gasteiger partial charge in [0.1, 0.15) is 27.9 Å². The van der Waals surface area contributed by atoms with Crippen molar-refractivity contribution < 1.29 is 4.74 Å². The minimum absolute atomic E-state index is 0.432. The number of rotatable bonds is 6. The predicted molar refractivity (Wildman–Crippen MR) is 139 cm³/mol. The third-order valence-electron chi connectivity index (χ3n) is 7.41. The van der Waals surface area contributed by atoms with Crippen molar-refractivity contribution in [1.29, 1.82) is 0 Å². The molecule has 2 aromatic carbocycles. The first-order valence-corrected chi connectivity index (χ1v) is 12.8. The van der Waals surface area contributed by atoms with Crippen LogP contribution in [0.25, 0.3) is 33.3 Å². The van der Waals surface area contributed by atoms with E-state index in [1.807, 2.05) is 48.1 Å². The summed E-state index contributed by atoms with van der Waals surface area (Å²) in [6, 6.07) is 10.2. The van der Waals surface area contributed by atoms with E-state index in [9.17, 15) is 0 Å². The number of H-pyrrole nitrogens is 1. The molecule has 0 spiro atoms. The molecule has 9 heteroatoms. The second-order valence-electron chi connectivity index (χ2n) is 9.94. The molecule has 2 aliphatic rings. The topological polar surface area (TPSA) is 84.8 Å². The number of nitrogens with one attached hydrogen (secondary N) is 1. The Kier molecular flexibility index (Phi) is 5.18. The third-order valence-corrected chi connectivity index (χ3v) is 7.77. The largest absolute Gasteiger partial charge is 0.456 e. The highest BCUT2D eigenvalue weighted by Gasteiger charge is 2.35. The summed E-state index contributed by atoms with van der Waals surface area (Å²) in [6.45, 7) is 5.43. The summed E-state index contributed by atoms with van der Waals surface area (Å²) in [5.41, 5.74) is 4.82. The van der Waals surface area contributed by atoms with Gasteiger partial charge < -0.3 is 14.6 Å². The highest BCUT2D eigenvalue weighted by atomic mass is 35.5. The van der Waals surface area contributed by atoms with Crippen LogP contribution in [0.4, 0.5) is 0 Å². The fourth-order valence-electron chi connectivity index (χ4n) is 5.26. The van der Waals surface area contributed by atoms with Crippen molar-refractivity contribution in [1.82, 2.24) is 34.6 Å². The molecular weight excluding hydrogens is 474 g/mol. The summed E-state index contributed by atoms with van der Waals surface area (Å²) < 4.78 is 8.15. The van der Waals surface area contributed by atoms with Gasteiger partial charge in [-0.2, -0.15) is 5.10 Å². The molecule has 4 heterocycles. The summed E-state index contributed by atoms with van der Waals surface area (Å²) in [5.74, 6) is 2.76. The second kappa shape index (κ2) is 8.57. The summed E-state index contributed by atoms with van der Waals surface area (Å²) in [6.07, 6.45) is 9.60. The van der Waals surface area contributed by atoms with Crippen molar-refractivity contribution in [2.45, 2.75) is 38.8 Å². The number of likely N-dealkylation sites (tertiary alicyclic amines) is 1. The average molecular weight is 500 g/mol. The Morgan fingerprint density at radius 2 is 1.94 bits per heavy atom. The smallest absolute Gasteiger partial charge is 0.148 e. The molecule has 2 fully saturated rings. The Morgan fingerprint density at radius 1 is 1.08 bits per heavy atom. The van der Waals surface area contributed by atoms with Gasteiger partial charge in [0, 0.05) is 30.4 Å². The van der Waals surface area contributed by atoms with E-state index in [1.54, 1.807) is 6.20 Å². The lowest BCUT2D eigenvalue weighted by Gasteiger charge is -2.47. The molecule has 0 radical (unpaired) electrons. The molecule has 0 amide bonds. The van der Waals surface area contributed by atoms with Crippen molar-refractivity contribution in [3.8, 4) is 22.8 Å². The van der Waals surface area contributed by atoms with Gasteiger partial charge in [-0.3, -0.25) is 9.67 Å². The molecule has 5 aromatic rings. The quantitative estimate of drug-likeness (QED) is 0.327. The molecule has 0 bridgehead atoms. The van der Waals surface area contributed by atoms with Gasteiger partial charge in [-0.05, 0) is 69.5 Å². The maximum Gasteiger partial charge on any atom is 0.148 e. The average Bonchev–Trinajstić information content (AvgIpc) is 3.43. The zero-order chi connectivity index (χ0) is 24.2. The molecule has 1 saturated heterocycles. The number of aryl methyl sites for hydroxylation is 1. The van der Waals surface area contributed by atoms with Crippen LogP contribution in [0, 0.1) is 12.8 Å². The van der Waals surface area contributed by atoms with Gasteiger partial charge in [-0.1, -0.05) is 11.6 Å². The van der Waals surface area contributed by atoms with E-state index in [1.165, 1.54) is 32.4 Å². The SMILES string of the molecule is Cc1nc2ccc(Oc3ccc4ncc(-c5cnn(CC6CC(N7CCC7)C6)c5)nc4c3Cl)cc2[nH]1. The number of fused-ring (bicyclic) bond motifs is 2. The molecule has 0 atom stereocenters. The van der Waals surface area contributed by atoms with Crippen molar-refractivity contribution in [3.05, 3.63) is 59.8 Å². The highest BCUT2D eigenvalue weighted by Crippen LogP contribution is 2.37. The number of nitrogens with zero attached hydrogens (tertiary/aromatic N) is 6. The van der Waals surface area contributed by atoms with Crippen LogP contribution in [-0.2, 0) is 6.54 Å². The Bertz CT molecular complexity index is 1580. The van der Waals surface area contributed by atoms with Crippen LogP contribution < -0.4 is 4.74 Å². The maximum atomic E-state index is 6.76. The molecule has 3 aromatic heterocycles. The van der Waals surface area contributed by atoms with Gasteiger partial charge in [-0.25, -0.2) is 9.97 Å². The monoisotopic (exact) mass is 499 g/mol. The highest BCUT2D eigenvalue weighted by molar-refractivity contribution is 6.36. The molecule has 1 N–H and O–H groups in total. The molecule has 7 rings (SSSR count). The standard InChI is InChI=1S/C27H26ClN7O/c1-16-31-21-4-3-20(11-23(21)32-16)36-25-6-5-22-27(26(25)28)33-24(13-29-22)18-12-30-35(15-18)14-17-9-19(10-17)34-7-2-8-34/h3-6,11-13,15,17,19H,2,7-10,14H2,1H3,(H,31,32). The number of ether oxygens (including phenoxy) is 1. The number of hydrogen-bond acceptors (Lipinski definition) is 6. The number of imidazole rings is 1. The van der Waals surface area contributed by atoms with E-state index in [-0.39, 0.29) is 0 Å². The minimum Gasteiger partial charge on any atom is -0.456 e. The lowest BCUT2D eigenvalue weighted by molar-refractivity contribution is 0.0248. The van der Waals surface area contributed by atoms with Crippen LogP contribution in [0.15, 0.2) is 48.9 Å². The van der Waals surface area contributed by atoms with Gasteiger partial charge in [0.15, 0.2) is 0 Å². The van der Waals surface area contributed by atoms with Crippen LogP contribution in [0.2, 0.25) is 5.02 Å². The summed E-state index contributed by atoms with van der Waals surface area (Å²) >= 11 is 6.76. The Labute approximate surface area is 213 Å². The molecule has 1 aliphatic heterocycles. The number of hydrogen-bond donors (Lipinski definition) is 1. The van der Waals surface area contributed by atoms with E-state index in [0.717, 1.165) is 46.2 Å². The van der Waals surface area contributed by atoms with Gasteiger partial charge in [0.2, 0.25) is 0 Å². The lowest BCUT2D eigenvalue weighted by atomic mass is 9.78. The molecular formula is C27H26ClN7O. The molecule has 1 aliphatic carbocycles. The first-order chi connectivity index (χ1) is 17.6. The van der Waals surface area contributed by atoms with Crippen LogP contribution >= 0.6 is 11.6 Å². The summed E-state index contributed by atoms with van der Waals surface area (Å²) in [4.78, 5) is 19.7. The number of aromatic amines is 1. The second-order valence-corrected chi connectivity index (χ2v) is 10.3. The van der Waals surface area contributed by atoms with Gasteiger partial charge in [-0.15, -0.1) is 0 Å². The molecule has 1 saturated carbocycles. The number of aromatic nitrogens is 6. The molecule has 182 valence electrons. The van der Waals surface area contributed by atoms with Crippen molar-refractivity contribution in [3.63, 3.8) is 0 Å². The van der Waals surface area contributed by atoms with E-state index >= 15 is 0 Å². The minimum atomic E-state index is 0.432. The predicted octanol–water partition coefficient (Wildman–Crippen LogP) is 5.61. The van der Waals surface area contributed by atoms with Crippen LogP contribution in [0.3, 0.4) is 0 Å². The fraction of sp³-hybridized carbons (Fsp3) is 0.333. The van der Waals surface area contributed by atoms with E-state index in [0.29, 0.717) is 28.0 Å². The Hall–Kier alpha value is -3.49. The van der Waals surface area contributed by atoms with Crippen LogP contribution in [0.5, 0.6) is 11.5 Å². The van der Waals surface area contributed by atoms with E-state index in [2.05, 4.69) is 31.1 Å². The Balaban J connectivity index is 1.11. The third kappa shape index (κ3) is 3.90. The van der Waals surface area contributed by atoms with Gasteiger partial charge in [0.05, 0.1) is 34.6 Å². The maximum absolute atomic E-state index is 6.76. The summed E-state index contributed by atoms with van der Waals surface area (Å²) in [7, 11) is 0. The molecule has 8 nitrogen and oxygen atoms in total. The summed E-state index contributed by atoms with van der Waals surface area (Å²) in [5, 5.41) is 5.02. The van der Waals surface area contributed by atoms with Crippen molar-refractivity contribution in [2.24, 2.45) is 5.92 Å². The van der Waals surface area contributed by atoms with Gasteiger partial charge in [0.25, 0.3) is 0 Å². The fourth-order valence-corrected chi connectivity index (χ4v) is 5.51. The molecule has 36 heavy (non-hydrogen) atoms. The number of halogens is 1. The van der Waals surface area contributed by atoms with E-state index < -0.39 is 0 Å². The normalized spacial score (nSPS) is 19.9. The lowest BCUT2D eigenvalue weighted by Crippen LogP contribution is -2.51. The Morgan fingerprint density at radius 3 is 2.78 bits per heavy atom. The van der Waals surface area contributed by atoms with Gasteiger partial charge >= 0.3 is 0 Å². The first kappa shape index (κ1) is 21.8. The zero-order valence-corrected chi connectivity index (χ0v) is 20.7. The van der Waals surface area contributed by atoms with Crippen molar-refractivity contribution >= 4 is 33.7 Å². The van der Waals surface area contributed by atoms with Crippen LogP contribution in [-0.4, -0.2) is 53.7 Å². The van der Waals surface area contributed by atoms with E-state index in [4.69, 9.17) is 21.3 Å². The zero-order valence-electron chi connectivity index (χ0n) is 20.0. The number of benzene rings is 2. The van der Waals surface area contributed by atoms with Crippen molar-refractivity contribution in [2.75, 3.05) is 13.1 Å². The van der Waals surface area contributed by atoms with Crippen LogP contribution in [0.1, 0.15) is 25.1 Å².